The molecule has 6 heteroatoms. The number of nitrogens with zero attached hydrogens (tertiary/aromatic N) is 4. The van der Waals surface area contributed by atoms with E-state index in [2.05, 4.69) is 45.5 Å². The van der Waals surface area contributed by atoms with Crippen LogP contribution in [0.1, 0.15) is 5.56 Å². The molecule has 4 rings (SSSR count). The van der Waals surface area contributed by atoms with Crippen LogP contribution in [0.5, 0.6) is 0 Å². The summed E-state index contributed by atoms with van der Waals surface area (Å²) in [6.07, 6.45) is 7.31. The molecule has 0 spiro atoms. The molecule has 0 saturated heterocycles. The third-order valence-electron chi connectivity index (χ3n) is 4.19. The number of hydrogen-bond donors (Lipinski definition) is 0. The fourth-order valence-electron chi connectivity index (χ4n) is 2.89. The van der Waals surface area contributed by atoms with Gasteiger partial charge in [-0.25, -0.2) is 9.97 Å². The zero-order valence-electron chi connectivity index (χ0n) is 14.4. The quantitative estimate of drug-likeness (QED) is 0.343. The Balaban J connectivity index is 0.00000210. The molecule has 4 nitrogen and oxygen atoms in total. The molecule has 0 fully saturated rings. The maximum absolute atomic E-state index is 6.02. The van der Waals surface area contributed by atoms with Crippen molar-refractivity contribution >= 4 is 11.6 Å². The Bertz CT molecular complexity index is 986. The molecule has 0 aliphatic heterocycles. The Labute approximate surface area is 177 Å². The van der Waals surface area contributed by atoms with Gasteiger partial charge in [-0.2, -0.15) is 0 Å². The van der Waals surface area contributed by atoms with Crippen LogP contribution in [-0.4, -0.2) is 19.5 Å². The predicted octanol–water partition coefficient (Wildman–Crippen LogP) is 4.70. The summed E-state index contributed by atoms with van der Waals surface area (Å²) in [5.74, 6) is 0. The van der Waals surface area contributed by atoms with Gasteiger partial charge in [0, 0.05) is 50.9 Å². The molecule has 0 unspecified atom stereocenters. The second-order valence-corrected chi connectivity index (χ2v) is 6.33. The zero-order chi connectivity index (χ0) is 17.8. The van der Waals surface area contributed by atoms with Crippen LogP contribution in [0, 0.1) is 6.33 Å². The van der Waals surface area contributed by atoms with Gasteiger partial charge in [0.05, 0.1) is 0 Å². The van der Waals surface area contributed by atoms with Crippen molar-refractivity contribution in [2.75, 3.05) is 0 Å². The van der Waals surface area contributed by atoms with Crippen LogP contribution >= 0.6 is 11.6 Å². The van der Waals surface area contributed by atoms with E-state index in [9.17, 15) is 0 Å². The van der Waals surface area contributed by atoms with Crippen molar-refractivity contribution in [3.63, 3.8) is 0 Å². The average molecular weight is 544 g/mol. The van der Waals surface area contributed by atoms with Gasteiger partial charge in [0.15, 0.2) is 0 Å². The third-order valence-corrected chi connectivity index (χ3v) is 4.44. The van der Waals surface area contributed by atoms with Gasteiger partial charge in [0.2, 0.25) is 0 Å². The summed E-state index contributed by atoms with van der Waals surface area (Å²) in [6.45, 7) is 0.768. The first kappa shape index (κ1) is 19.5. The van der Waals surface area contributed by atoms with Crippen molar-refractivity contribution in [2.24, 2.45) is 0 Å². The van der Waals surface area contributed by atoms with Crippen LogP contribution in [0.2, 0.25) is 5.02 Å². The van der Waals surface area contributed by atoms with E-state index in [1.165, 1.54) is 5.56 Å². The molecule has 2 aromatic heterocycles. The Morgan fingerprint density at radius 1 is 0.963 bits per heavy atom. The van der Waals surface area contributed by atoms with Gasteiger partial charge >= 0.3 is 0 Å². The minimum Gasteiger partial charge on any atom is -0.445 e. The molecular formula is C21H16ClN4W-. The van der Waals surface area contributed by atoms with Crippen LogP contribution in [0.3, 0.4) is 0 Å². The Hall–Kier alpha value is -2.29. The maximum Gasteiger partial charge on any atom is 0.114 e. The van der Waals surface area contributed by atoms with E-state index in [1.54, 1.807) is 12.5 Å². The molecule has 2 heterocycles. The van der Waals surface area contributed by atoms with Crippen molar-refractivity contribution in [2.45, 2.75) is 13.0 Å². The van der Waals surface area contributed by atoms with Crippen molar-refractivity contribution in [3.05, 3.63) is 90.1 Å². The van der Waals surface area contributed by atoms with Gasteiger partial charge in [-0.15, -0.1) is 0 Å². The van der Waals surface area contributed by atoms with E-state index in [0.717, 1.165) is 35.6 Å². The smallest absolute Gasteiger partial charge is 0.114 e. The molecule has 0 saturated carbocycles. The van der Waals surface area contributed by atoms with Crippen molar-refractivity contribution < 1.29 is 21.1 Å². The second-order valence-electron chi connectivity index (χ2n) is 5.90. The fourth-order valence-corrected chi connectivity index (χ4v) is 3.01. The molecule has 0 radical (unpaired) electrons. The van der Waals surface area contributed by atoms with Gasteiger partial charge in [0.25, 0.3) is 0 Å². The monoisotopic (exact) mass is 543 g/mol. The molecule has 0 amide bonds. The van der Waals surface area contributed by atoms with Gasteiger partial charge in [-0.1, -0.05) is 71.0 Å². The standard InChI is InChI=1S/C21H16ClN4.W/c22-18-8-6-17(7-9-18)20-21(19-10-12-23-14-24-19)26(15-25-20)13-11-16-4-2-1-3-5-16;/h1-10,12,14H,11,13H2;/q-1;. The normalized spacial score (nSPS) is 10.4. The molecule has 0 bridgehead atoms. The minimum absolute atomic E-state index is 0. The first-order valence-electron chi connectivity index (χ1n) is 8.36. The largest absolute Gasteiger partial charge is 0.445 e. The van der Waals surface area contributed by atoms with Crippen molar-refractivity contribution in [1.29, 1.82) is 0 Å². The van der Waals surface area contributed by atoms with E-state index in [-0.39, 0.29) is 21.1 Å². The Morgan fingerprint density at radius 3 is 2.44 bits per heavy atom. The van der Waals surface area contributed by atoms with E-state index in [4.69, 9.17) is 11.6 Å². The second kappa shape index (κ2) is 9.07. The molecular weight excluding hydrogens is 528 g/mol. The van der Waals surface area contributed by atoms with E-state index >= 15 is 0 Å². The number of rotatable bonds is 5. The predicted molar refractivity (Wildman–Crippen MR) is 103 cm³/mol. The van der Waals surface area contributed by atoms with Gasteiger partial charge < -0.3 is 9.55 Å². The first-order valence-corrected chi connectivity index (χ1v) is 8.73. The van der Waals surface area contributed by atoms with Crippen molar-refractivity contribution in [1.82, 2.24) is 19.5 Å². The molecule has 2 aromatic carbocycles. The number of hydrogen-bond acceptors (Lipinski definition) is 3. The maximum atomic E-state index is 6.02. The Kier molecular flexibility index (Phi) is 6.54. The average Bonchev–Trinajstić information content (AvgIpc) is 3.12. The van der Waals surface area contributed by atoms with Crippen LogP contribution in [0.15, 0.2) is 73.2 Å². The van der Waals surface area contributed by atoms with Crippen LogP contribution in [0.4, 0.5) is 0 Å². The number of benzene rings is 2. The summed E-state index contributed by atoms with van der Waals surface area (Å²) in [7, 11) is 0. The van der Waals surface area contributed by atoms with E-state index in [1.807, 2.05) is 41.0 Å². The third kappa shape index (κ3) is 4.52. The number of imidazole rings is 1. The Morgan fingerprint density at radius 2 is 1.74 bits per heavy atom. The molecule has 0 aliphatic carbocycles. The molecule has 27 heavy (non-hydrogen) atoms. The van der Waals surface area contributed by atoms with E-state index in [0.29, 0.717) is 5.02 Å². The fraction of sp³-hybridized carbons (Fsp3) is 0.0952. The number of aryl methyl sites for hydroxylation is 2. The number of aromatic nitrogens is 4. The molecule has 134 valence electrons. The molecule has 0 aliphatic rings. The summed E-state index contributed by atoms with van der Waals surface area (Å²) in [5.41, 5.74) is 4.86. The van der Waals surface area contributed by atoms with Gasteiger partial charge in [-0.3, -0.25) is 0 Å². The summed E-state index contributed by atoms with van der Waals surface area (Å²) >= 11 is 6.02. The van der Waals surface area contributed by atoms with E-state index < -0.39 is 0 Å². The van der Waals surface area contributed by atoms with Crippen LogP contribution < -0.4 is 0 Å². The minimum atomic E-state index is 0. The molecule has 0 atom stereocenters. The topological polar surface area (TPSA) is 43.6 Å². The van der Waals surface area contributed by atoms with Gasteiger partial charge in [-0.05, 0) is 30.2 Å². The molecule has 0 N–H and O–H groups in total. The first-order chi connectivity index (χ1) is 12.8. The summed E-state index contributed by atoms with van der Waals surface area (Å²) in [4.78, 5) is 13.0. The SMILES string of the molecule is Clc1ccc(-c2n[c-]n(CCc3ccccc3)c2-c2ccncn2)cc1.[W]. The number of halogens is 1. The summed E-state index contributed by atoms with van der Waals surface area (Å²) < 4.78 is 2.03. The van der Waals surface area contributed by atoms with Crippen molar-refractivity contribution in [3.8, 4) is 22.6 Å². The zero-order valence-corrected chi connectivity index (χ0v) is 18.1. The van der Waals surface area contributed by atoms with Crippen LogP contribution in [0.25, 0.3) is 22.6 Å². The molecule has 4 aromatic rings. The van der Waals surface area contributed by atoms with Crippen LogP contribution in [-0.2, 0) is 34.0 Å². The summed E-state index contributed by atoms with van der Waals surface area (Å²) in [5, 5.41) is 0.699. The van der Waals surface area contributed by atoms with Gasteiger partial charge in [0.1, 0.15) is 6.33 Å². The summed E-state index contributed by atoms with van der Waals surface area (Å²) in [6, 6.07) is 19.9.